The molecule has 0 aliphatic rings. The van der Waals surface area contributed by atoms with Crippen molar-refractivity contribution in [3.05, 3.63) is 98.0 Å². The molecule has 0 amide bonds. The predicted molar refractivity (Wildman–Crippen MR) is 124 cm³/mol. The number of benzene rings is 3. The van der Waals surface area contributed by atoms with E-state index in [1.165, 1.54) is 36.4 Å². The van der Waals surface area contributed by atoms with Crippen LogP contribution in [0, 0.1) is 10.1 Å². The Kier molecular flexibility index (Phi) is 8.15. The van der Waals surface area contributed by atoms with Crippen LogP contribution in [-0.2, 0) is 11.3 Å². The molecular formula is C24H20BrNO7. The summed E-state index contributed by atoms with van der Waals surface area (Å²) in [5, 5.41) is 10.7. The van der Waals surface area contributed by atoms with Crippen LogP contribution in [0.25, 0.3) is 0 Å². The molecule has 3 aromatic carbocycles. The highest BCUT2D eigenvalue weighted by Crippen LogP contribution is 2.37. The number of nitro groups is 1. The van der Waals surface area contributed by atoms with Crippen LogP contribution in [0.2, 0.25) is 0 Å². The zero-order chi connectivity index (χ0) is 23.8. The van der Waals surface area contributed by atoms with E-state index in [2.05, 4.69) is 15.9 Å². The van der Waals surface area contributed by atoms with Crippen LogP contribution in [0.15, 0.2) is 71.2 Å². The first-order chi connectivity index (χ1) is 15.9. The second-order valence-electron chi connectivity index (χ2n) is 6.80. The largest absolute Gasteiger partial charge is 0.489 e. The van der Waals surface area contributed by atoms with E-state index in [1.54, 1.807) is 0 Å². The number of ether oxygens (including phenoxy) is 3. The van der Waals surface area contributed by atoms with Crippen LogP contribution >= 0.6 is 15.9 Å². The fraction of sp³-hybridized carbons (Fsp3) is 0.167. The number of carbonyl (C=O) groups is 2. The van der Waals surface area contributed by atoms with Crippen molar-refractivity contribution in [1.29, 1.82) is 0 Å². The van der Waals surface area contributed by atoms with Gasteiger partial charge in [-0.05, 0) is 52.7 Å². The molecule has 0 radical (unpaired) electrons. The minimum absolute atomic E-state index is 0.134. The molecule has 0 aliphatic heterocycles. The molecule has 0 saturated heterocycles. The summed E-state index contributed by atoms with van der Waals surface area (Å²) in [5.74, 6) is -0.405. The normalized spacial score (nSPS) is 10.4. The van der Waals surface area contributed by atoms with Crippen molar-refractivity contribution in [2.24, 2.45) is 0 Å². The first-order valence-corrected chi connectivity index (χ1v) is 10.8. The summed E-state index contributed by atoms with van der Waals surface area (Å²) in [6.45, 7) is 1.99. The van der Waals surface area contributed by atoms with Gasteiger partial charge >= 0.3 is 5.97 Å². The van der Waals surface area contributed by atoms with Gasteiger partial charge in [0.05, 0.1) is 21.6 Å². The fourth-order valence-electron chi connectivity index (χ4n) is 2.88. The van der Waals surface area contributed by atoms with E-state index in [4.69, 9.17) is 14.2 Å². The second kappa shape index (κ2) is 11.2. The first-order valence-electron chi connectivity index (χ1n) is 9.97. The maximum atomic E-state index is 12.6. The highest BCUT2D eigenvalue weighted by molar-refractivity contribution is 9.10. The van der Waals surface area contributed by atoms with Gasteiger partial charge in [0.15, 0.2) is 23.9 Å². The van der Waals surface area contributed by atoms with Crippen LogP contribution in [0.5, 0.6) is 11.5 Å². The predicted octanol–water partition coefficient (Wildman–Crippen LogP) is 5.37. The van der Waals surface area contributed by atoms with Gasteiger partial charge in [-0.2, -0.15) is 0 Å². The van der Waals surface area contributed by atoms with Crippen molar-refractivity contribution >= 4 is 33.4 Å². The van der Waals surface area contributed by atoms with Gasteiger partial charge in [-0.3, -0.25) is 14.9 Å². The summed E-state index contributed by atoms with van der Waals surface area (Å²) in [4.78, 5) is 35.1. The summed E-state index contributed by atoms with van der Waals surface area (Å²) in [6, 6.07) is 17.6. The molecule has 0 atom stereocenters. The number of nitrogens with zero attached hydrogens (tertiary/aromatic N) is 1. The summed E-state index contributed by atoms with van der Waals surface area (Å²) in [7, 11) is 0. The van der Waals surface area contributed by atoms with Gasteiger partial charge in [0.2, 0.25) is 0 Å². The van der Waals surface area contributed by atoms with Crippen molar-refractivity contribution in [3.8, 4) is 11.5 Å². The average molecular weight is 514 g/mol. The van der Waals surface area contributed by atoms with E-state index in [9.17, 15) is 19.7 Å². The number of esters is 1. The molecule has 0 aromatic heterocycles. The first kappa shape index (κ1) is 23.9. The summed E-state index contributed by atoms with van der Waals surface area (Å²) >= 11 is 3.39. The number of Topliss-reactive ketones (excluding diaryl/α,β-unsaturated/α-hetero) is 1. The second-order valence-corrected chi connectivity index (χ2v) is 7.65. The molecule has 0 unspecified atom stereocenters. The van der Waals surface area contributed by atoms with Gasteiger partial charge in [-0.25, -0.2) is 4.79 Å². The monoisotopic (exact) mass is 513 g/mol. The molecular weight excluding hydrogens is 494 g/mol. The van der Waals surface area contributed by atoms with Crippen molar-refractivity contribution in [2.45, 2.75) is 13.5 Å². The van der Waals surface area contributed by atoms with Crippen LogP contribution in [0.3, 0.4) is 0 Å². The molecule has 0 bridgehead atoms. The Morgan fingerprint density at radius 3 is 2.30 bits per heavy atom. The molecule has 3 aromatic rings. The standard InChI is InChI=1S/C24H20BrNO7/c1-2-31-23-20(25)12-18(13-22(23)32-14-16-6-4-3-5-7-16)24(28)33-15-21(27)17-8-10-19(11-9-17)26(29)30/h3-13H,2,14-15H2,1H3. The minimum Gasteiger partial charge on any atom is -0.489 e. The molecule has 3 rings (SSSR count). The minimum atomic E-state index is -0.724. The SMILES string of the molecule is CCOc1c(Br)cc(C(=O)OCC(=O)c2ccc([N+](=O)[O-])cc2)cc1OCc1ccccc1. The number of non-ortho nitro benzene ring substituents is 1. The van der Waals surface area contributed by atoms with E-state index in [-0.39, 0.29) is 23.4 Å². The third kappa shape index (κ3) is 6.39. The van der Waals surface area contributed by atoms with Crippen LogP contribution < -0.4 is 9.47 Å². The maximum Gasteiger partial charge on any atom is 0.338 e. The number of carbonyl (C=O) groups excluding carboxylic acids is 2. The number of nitro benzene ring substituents is 1. The highest BCUT2D eigenvalue weighted by atomic mass is 79.9. The topological polar surface area (TPSA) is 105 Å². The van der Waals surface area contributed by atoms with E-state index in [1.807, 2.05) is 37.3 Å². The lowest BCUT2D eigenvalue weighted by Crippen LogP contribution is -2.14. The molecule has 170 valence electrons. The van der Waals surface area contributed by atoms with Crippen molar-refractivity contribution in [2.75, 3.05) is 13.2 Å². The van der Waals surface area contributed by atoms with Gasteiger partial charge in [-0.1, -0.05) is 30.3 Å². The zero-order valence-corrected chi connectivity index (χ0v) is 19.2. The highest BCUT2D eigenvalue weighted by Gasteiger charge is 2.19. The van der Waals surface area contributed by atoms with Gasteiger partial charge in [0.25, 0.3) is 5.69 Å². The third-order valence-electron chi connectivity index (χ3n) is 4.51. The molecule has 8 nitrogen and oxygen atoms in total. The van der Waals surface area contributed by atoms with Gasteiger partial charge < -0.3 is 14.2 Å². The van der Waals surface area contributed by atoms with E-state index in [0.29, 0.717) is 22.6 Å². The maximum absolute atomic E-state index is 12.6. The Morgan fingerprint density at radius 2 is 1.67 bits per heavy atom. The average Bonchev–Trinajstić information content (AvgIpc) is 2.83. The van der Waals surface area contributed by atoms with Crippen molar-refractivity contribution < 1.29 is 28.7 Å². The Hall–Kier alpha value is -3.72. The van der Waals surface area contributed by atoms with Crippen LogP contribution in [0.1, 0.15) is 33.2 Å². The lowest BCUT2D eigenvalue weighted by molar-refractivity contribution is -0.384. The molecule has 0 spiro atoms. The zero-order valence-electron chi connectivity index (χ0n) is 17.7. The molecule has 0 fully saturated rings. The molecule has 0 aliphatic carbocycles. The van der Waals surface area contributed by atoms with Crippen LogP contribution in [-0.4, -0.2) is 29.9 Å². The van der Waals surface area contributed by atoms with Gasteiger partial charge in [0, 0.05) is 17.7 Å². The molecule has 33 heavy (non-hydrogen) atoms. The van der Waals surface area contributed by atoms with Gasteiger partial charge in [-0.15, -0.1) is 0 Å². The lowest BCUT2D eigenvalue weighted by atomic mass is 10.1. The molecule has 0 N–H and O–H groups in total. The van der Waals surface area contributed by atoms with Crippen LogP contribution in [0.4, 0.5) is 5.69 Å². The Morgan fingerprint density at radius 1 is 0.970 bits per heavy atom. The number of halogens is 1. The van der Waals surface area contributed by atoms with Crippen molar-refractivity contribution in [3.63, 3.8) is 0 Å². The summed E-state index contributed by atoms with van der Waals surface area (Å²) in [6.07, 6.45) is 0. The van der Waals surface area contributed by atoms with E-state index < -0.39 is 23.3 Å². The Balaban J connectivity index is 1.71. The Bertz CT molecular complexity index is 1150. The lowest BCUT2D eigenvalue weighted by Gasteiger charge is -2.15. The van der Waals surface area contributed by atoms with Gasteiger partial charge in [0.1, 0.15) is 6.61 Å². The summed E-state index contributed by atoms with van der Waals surface area (Å²) < 4.78 is 17.2. The molecule has 9 heteroatoms. The quantitative estimate of drug-likeness (QED) is 0.155. The summed E-state index contributed by atoms with van der Waals surface area (Å²) in [5.41, 5.74) is 1.18. The number of hydrogen-bond donors (Lipinski definition) is 0. The molecule has 0 saturated carbocycles. The third-order valence-corrected chi connectivity index (χ3v) is 5.09. The number of rotatable bonds is 10. The van der Waals surface area contributed by atoms with Crippen molar-refractivity contribution in [1.82, 2.24) is 0 Å². The number of hydrogen-bond acceptors (Lipinski definition) is 7. The fourth-order valence-corrected chi connectivity index (χ4v) is 3.44. The smallest absolute Gasteiger partial charge is 0.338 e. The van der Waals surface area contributed by atoms with E-state index in [0.717, 1.165) is 5.56 Å². The Labute approximate surface area is 198 Å². The molecule has 0 heterocycles. The van der Waals surface area contributed by atoms with E-state index >= 15 is 0 Å². The number of ketones is 1.